The molecule has 0 saturated heterocycles. The highest BCUT2D eigenvalue weighted by atomic mass is 28.4. The third kappa shape index (κ3) is 2.94. The predicted molar refractivity (Wildman–Crippen MR) is 143 cm³/mol. The summed E-state index contributed by atoms with van der Waals surface area (Å²) in [6.45, 7) is 19.3. The third-order valence-corrected chi connectivity index (χ3v) is 16.1. The molecular formula is C30H45NOSi. The van der Waals surface area contributed by atoms with Gasteiger partial charge in [-0.3, -0.25) is 0 Å². The number of para-hydroxylation sites is 1. The summed E-state index contributed by atoms with van der Waals surface area (Å²) < 4.78 is 7.25. The molecule has 0 unspecified atom stereocenters. The first-order valence-corrected chi connectivity index (χ1v) is 16.2. The first-order chi connectivity index (χ1) is 15.7. The second kappa shape index (κ2) is 7.85. The van der Waals surface area contributed by atoms with Gasteiger partial charge in [-0.25, -0.2) is 0 Å². The van der Waals surface area contributed by atoms with E-state index in [4.69, 9.17) is 4.43 Å². The second-order valence-electron chi connectivity index (χ2n) is 12.1. The van der Waals surface area contributed by atoms with Gasteiger partial charge in [0, 0.05) is 27.4 Å². The van der Waals surface area contributed by atoms with Crippen LogP contribution in [0.1, 0.15) is 78.5 Å². The number of rotatable bonds is 6. The van der Waals surface area contributed by atoms with Crippen LogP contribution in [0.4, 0.5) is 0 Å². The molecule has 5 rings (SSSR count). The molecule has 3 heteroatoms. The largest absolute Gasteiger partial charge is 0.413 e. The van der Waals surface area contributed by atoms with Gasteiger partial charge in [0.15, 0.2) is 8.32 Å². The molecule has 2 fully saturated rings. The van der Waals surface area contributed by atoms with Crippen molar-refractivity contribution in [2.45, 2.75) is 103 Å². The third-order valence-electron chi connectivity index (χ3n) is 11.5. The van der Waals surface area contributed by atoms with Crippen LogP contribution in [0.3, 0.4) is 0 Å². The molecular weight excluding hydrogens is 418 g/mol. The van der Waals surface area contributed by atoms with Crippen LogP contribution >= 0.6 is 0 Å². The van der Waals surface area contributed by atoms with Crippen LogP contribution in [0.25, 0.3) is 10.9 Å². The van der Waals surface area contributed by atoms with E-state index >= 15 is 0 Å². The molecule has 3 aliphatic carbocycles. The zero-order chi connectivity index (χ0) is 23.6. The first-order valence-electron chi connectivity index (χ1n) is 13.6. The highest BCUT2D eigenvalue weighted by molar-refractivity contribution is 6.73. The van der Waals surface area contributed by atoms with Gasteiger partial charge in [-0.15, -0.1) is 6.58 Å². The Morgan fingerprint density at radius 1 is 1.06 bits per heavy atom. The minimum absolute atomic E-state index is 0.0352. The fourth-order valence-corrected chi connectivity index (χ4v) is 11.8. The van der Waals surface area contributed by atoms with E-state index in [1.807, 2.05) is 0 Å². The topological polar surface area (TPSA) is 25.0 Å². The van der Waals surface area contributed by atoms with Crippen molar-refractivity contribution < 1.29 is 4.43 Å². The van der Waals surface area contributed by atoms with Gasteiger partial charge < -0.3 is 9.41 Å². The van der Waals surface area contributed by atoms with Crippen molar-refractivity contribution in [2.24, 2.45) is 22.7 Å². The number of benzene rings is 1. The van der Waals surface area contributed by atoms with E-state index in [0.29, 0.717) is 12.0 Å². The zero-order valence-electron chi connectivity index (χ0n) is 21.9. The summed E-state index contributed by atoms with van der Waals surface area (Å²) in [6.07, 6.45) is 8.92. The summed E-state index contributed by atoms with van der Waals surface area (Å²) in [5.74, 6) is 1.35. The highest BCUT2D eigenvalue weighted by Crippen LogP contribution is 2.70. The Morgan fingerprint density at radius 3 is 2.42 bits per heavy atom. The van der Waals surface area contributed by atoms with Gasteiger partial charge >= 0.3 is 0 Å². The quantitative estimate of drug-likeness (QED) is 0.337. The molecule has 2 saturated carbocycles. The Hall–Kier alpha value is -1.32. The Kier molecular flexibility index (Phi) is 5.57. The number of fused-ring (bicyclic) bond motifs is 7. The maximum absolute atomic E-state index is 7.25. The van der Waals surface area contributed by atoms with Crippen molar-refractivity contribution in [3.63, 3.8) is 0 Å². The minimum atomic E-state index is -1.67. The van der Waals surface area contributed by atoms with Gasteiger partial charge in [0.25, 0.3) is 0 Å². The van der Waals surface area contributed by atoms with Crippen LogP contribution in [-0.2, 0) is 16.3 Å². The number of hydrogen-bond acceptors (Lipinski definition) is 1. The Morgan fingerprint density at radius 2 is 1.76 bits per heavy atom. The predicted octanol–water partition coefficient (Wildman–Crippen LogP) is 8.39. The molecule has 1 N–H and O–H groups in total. The lowest BCUT2D eigenvalue weighted by atomic mass is 9.41. The van der Waals surface area contributed by atoms with Crippen molar-refractivity contribution in [3.8, 4) is 0 Å². The molecule has 0 amide bonds. The average molecular weight is 464 g/mol. The van der Waals surface area contributed by atoms with Crippen LogP contribution in [0.2, 0.25) is 18.1 Å². The Labute approximate surface area is 202 Å². The number of H-pyrrole nitrogens is 1. The standard InChI is InChI=1S/C30H45NOSi/c1-8-28(5)25-17-16-21-20-23-22-14-12-13-15-24(22)31-27(23)30(21,7)29(25,6)19-18-26(28)32-33(9-2,10-3)11-4/h8,12-15,21,25-26,31H,1,9-11,16-20H2,2-7H3/t21-,25-,26-,28-,29-,30+/m0/s1. The molecule has 1 aromatic carbocycles. The van der Waals surface area contributed by atoms with E-state index in [0.717, 1.165) is 5.92 Å². The second-order valence-corrected chi connectivity index (χ2v) is 16.9. The van der Waals surface area contributed by atoms with E-state index in [9.17, 15) is 0 Å². The molecule has 0 radical (unpaired) electrons. The van der Waals surface area contributed by atoms with Crippen LogP contribution in [0.15, 0.2) is 36.9 Å². The zero-order valence-corrected chi connectivity index (χ0v) is 22.9. The number of aromatic amines is 1. The summed E-state index contributed by atoms with van der Waals surface area (Å²) >= 11 is 0. The molecule has 0 spiro atoms. The summed E-state index contributed by atoms with van der Waals surface area (Å²) in [5, 5.41) is 1.45. The van der Waals surface area contributed by atoms with E-state index in [-0.39, 0.29) is 16.2 Å². The normalized spacial score (nSPS) is 38.1. The van der Waals surface area contributed by atoms with Crippen molar-refractivity contribution in [1.29, 1.82) is 0 Å². The molecule has 1 aromatic heterocycles. The maximum atomic E-state index is 7.25. The summed E-state index contributed by atoms with van der Waals surface area (Å²) in [5.41, 5.74) is 4.95. The van der Waals surface area contributed by atoms with Crippen molar-refractivity contribution in [2.75, 3.05) is 0 Å². The molecule has 33 heavy (non-hydrogen) atoms. The minimum Gasteiger partial charge on any atom is -0.413 e. The fourth-order valence-electron chi connectivity index (χ4n) is 8.86. The van der Waals surface area contributed by atoms with Gasteiger partial charge in [0.05, 0.1) is 6.10 Å². The molecule has 1 heterocycles. The van der Waals surface area contributed by atoms with E-state index in [1.54, 1.807) is 11.3 Å². The molecule has 3 aliphatic rings. The Balaban J connectivity index is 1.58. The summed E-state index contributed by atoms with van der Waals surface area (Å²) in [7, 11) is -1.67. The molecule has 180 valence electrons. The number of aromatic nitrogens is 1. The fraction of sp³-hybridized carbons (Fsp3) is 0.667. The molecule has 2 aromatic rings. The van der Waals surface area contributed by atoms with Crippen molar-refractivity contribution in [1.82, 2.24) is 4.98 Å². The number of nitrogens with one attached hydrogen (secondary N) is 1. The lowest BCUT2D eigenvalue weighted by Gasteiger charge is -2.65. The monoisotopic (exact) mass is 463 g/mol. The Bertz CT molecular complexity index is 1040. The van der Waals surface area contributed by atoms with E-state index < -0.39 is 8.32 Å². The molecule has 0 aliphatic heterocycles. The van der Waals surface area contributed by atoms with Crippen LogP contribution in [0.5, 0.6) is 0 Å². The van der Waals surface area contributed by atoms with Gasteiger partial charge in [0.1, 0.15) is 0 Å². The van der Waals surface area contributed by atoms with Crippen LogP contribution in [0, 0.1) is 22.7 Å². The SMILES string of the molecule is C=C[C@]1(C)[C@@H](O[Si](CC)(CC)CC)CC[C@@]2(C)[C@H]1CC[C@H]1Cc3c([nH]c4ccccc34)[C@@]12C. The molecule has 2 nitrogen and oxygen atoms in total. The van der Waals surface area contributed by atoms with Crippen LogP contribution < -0.4 is 0 Å². The van der Waals surface area contributed by atoms with Crippen molar-refractivity contribution >= 4 is 19.2 Å². The summed E-state index contributed by atoms with van der Waals surface area (Å²) in [6, 6.07) is 12.6. The summed E-state index contributed by atoms with van der Waals surface area (Å²) in [4.78, 5) is 3.95. The van der Waals surface area contributed by atoms with E-state index in [1.165, 1.54) is 61.1 Å². The highest BCUT2D eigenvalue weighted by Gasteiger charge is 2.66. The molecule has 6 atom stereocenters. The molecule has 0 bridgehead atoms. The lowest BCUT2D eigenvalue weighted by molar-refractivity contribution is -0.139. The number of hydrogen-bond donors (Lipinski definition) is 1. The van der Waals surface area contributed by atoms with Gasteiger partial charge in [-0.05, 0) is 79.1 Å². The van der Waals surface area contributed by atoms with Gasteiger partial charge in [0.2, 0.25) is 0 Å². The van der Waals surface area contributed by atoms with Crippen LogP contribution in [-0.4, -0.2) is 19.4 Å². The van der Waals surface area contributed by atoms with Crippen molar-refractivity contribution in [3.05, 3.63) is 48.2 Å². The van der Waals surface area contributed by atoms with E-state index in [2.05, 4.69) is 83.4 Å². The maximum Gasteiger partial charge on any atom is 0.192 e. The lowest BCUT2D eigenvalue weighted by Crippen LogP contribution is -2.63. The average Bonchev–Trinajstić information content (AvgIpc) is 3.34. The van der Waals surface area contributed by atoms with Gasteiger partial charge in [-0.2, -0.15) is 0 Å². The van der Waals surface area contributed by atoms with Gasteiger partial charge in [-0.1, -0.05) is 65.8 Å². The smallest absolute Gasteiger partial charge is 0.192 e. The first kappa shape index (κ1) is 23.4.